The summed E-state index contributed by atoms with van der Waals surface area (Å²) in [5.41, 5.74) is -0.925. The van der Waals surface area contributed by atoms with Crippen molar-refractivity contribution < 1.29 is 26.3 Å². The lowest BCUT2D eigenvalue weighted by Gasteiger charge is -2.13. The Labute approximate surface area is 142 Å². The molecule has 24 heavy (non-hydrogen) atoms. The lowest BCUT2D eigenvalue weighted by Crippen LogP contribution is -2.15. The molecular formula is C15H13ClF3NO3S. The standard InChI is InChI=1S/C15H13ClF3NO3S/c1-2-23-12-6-4-11(5-7-12)20-24(21,22)14-9-10(15(17,18)19)3-8-13(14)16/h3-9,20H,2H2,1H3. The summed E-state index contributed by atoms with van der Waals surface area (Å²) in [6.07, 6.45) is -4.67. The molecule has 0 aliphatic carbocycles. The SMILES string of the molecule is CCOc1ccc(NS(=O)(=O)c2cc(C(F)(F)F)ccc2Cl)cc1. The molecule has 9 heteroatoms. The predicted molar refractivity (Wildman–Crippen MR) is 84.9 cm³/mol. The van der Waals surface area contributed by atoms with Crippen LogP contribution in [-0.2, 0) is 16.2 Å². The van der Waals surface area contributed by atoms with Crippen LogP contribution in [0.3, 0.4) is 0 Å². The highest BCUT2D eigenvalue weighted by atomic mass is 35.5. The lowest BCUT2D eigenvalue weighted by molar-refractivity contribution is -0.137. The first-order chi connectivity index (χ1) is 11.1. The number of hydrogen-bond donors (Lipinski definition) is 1. The van der Waals surface area contributed by atoms with E-state index < -0.39 is 26.7 Å². The number of hydrogen-bond acceptors (Lipinski definition) is 3. The van der Waals surface area contributed by atoms with Crippen molar-refractivity contribution in [1.82, 2.24) is 0 Å². The minimum absolute atomic E-state index is 0.173. The second-order valence-electron chi connectivity index (χ2n) is 4.71. The van der Waals surface area contributed by atoms with Gasteiger partial charge in [0, 0.05) is 5.69 Å². The minimum Gasteiger partial charge on any atom is -0.494 e. The van der Waals surface area contributed by atoms with Gasteiger partial charge in [0.1, 0.15) is 10.6 Å². The van der Waals surface area contributed by atoms with Crippen LogP contribution in [0.4, 0.5) is 18.9 Å². The first-order valence-corrected chi connectivity index (χ1v) is 8.62. The molecule has 2 aromatic carbocycles. The maximum absolute atomic E-state index is 12.8. The number of alkyl halides is 3. The molecule has 0 saturated heterocycles. The third-order valence-electron chi connectivity index (χ3n) is 2.97. The topological polar surface area (TPSA) is 55.4 Å². The molecule has 0 amide bonds. The van der Waals surface area contributed by atoms with Crippen molar-refractivity contribution in [2.45, 2.75) is 18.0 Å². The maximum atomic E-state index is 12.8. The van der Waals surface area contributed by atoms with Crippen LogP contribution >= 0.6 is 11.6 Å². The molecule has 0 aromatic heterocycles. The first-order valence-electron chi connectivity index (χ1n) is 6.76. The van der Waals surface area contributed by atoms with Gasteiger partial charge < -0.3 is 4.74 Å². The van der Waals surface area contributed by atoms with Gasteiger partial charge in [-0.3, -0.25) is 4.72 Å². The highest BCUT2D eigenvalue weighted by Gasteiger charge is 2.32. The van der Waals surface area contributed by atoms with Gasteiger partial charge in [0.05, 0.1) is 17.2 Å². The molecule has 2 aromatic rings. The van der Waals surface area contributed by atoms with Crippen LogP contribution in [0.1, 0.15) is 12.5 Å². The number of rotatable bonds is 5. The Morgan fingerprint density at radius 2 is 1.75 bits per heavy atom. The molecule has 0 aliphatic heterocycles. The molecule has 0 spiro atoms. The molecule has 130 valence electrons. The summed E-state index contributed by atoms with van der Waals surface area (Å²) in [4.78, 5) is -0.645. The van der Waals surface area contributed by atoms with E-state index in [1.165, 1.54) is 24.3 Å². The van der Waals surface area contributed by atoms with Gasteiger partial charge in [0.2, 0.25) is 0 Å². The maximum Gasteiger partial charge on any atom is 0.416 e. The molecule has 0 atom stereocenters. The lowest BCUT2D eigenvalue weighted by atomic mass is 10.2. The van der Waals surface area contributed by atoms with E-state index in [0.717, 1.165) is 12.1 Å². The van der Waals surface area contributed by atoms with Crippen LogP contribution < -0.4 is 9.46 Å². The summed E-state index contributed by atoms with van der Waals surface area (Å²) in [5.74, 6) is 0.539. The van der Waals surface area contributed by atoms with E-state index in [1.807, 2.05) is 0 Å². The van der Waals surface area contributed by atoms with Gasteiger partial charge in [-0.15, -0.1) is 0 Å². The summed E-state index contributed by atoms with van der Waals surface area (Å²) in [5, 5.41) is -0.304. The average molecular weight is 380 g/mol. The Morgan fingerprint density at radius 3 is 2.29 bits per heavy atom. The molecule has 4 nitrogen and oxygen atoms in total. The van der Waals surface area contributed by atoms with Crippen molar-refractivity contribution >= 4 is 27.3 Å². The third kappa shape index (κ3) is 4.33. The van der Waals surface area contributed by atoms with E-state index in [1.54, 1.807) is 6.92 Å². The fraction of sp³-hybridized carbons (Fsp3) is 0.200. The molecular weight excluding hydrogens is 367 g/mol. The van der Waals surface area contributed by atoms with Gasteiger partial charge in [0.25, 0.3) is 10.0 Å². The molecule has 0 fully saturated rings. The van der Waals surface area contributed by atoms with Crippen molar-refractivity contribution in [2.24, 2.45) is 0 Å². The number of halogens is 4. The normalized spacial score (nSPS) is 12.0. The zero-order chi connectivity index (χ0) is 18.0. The Hall–Kier alpha value is -1.93. The molecule has 0 aliphatic rings. The van der Waals surface area contributed by atoms with E-state index in [4.69, 9.17) is 16.3 Å². The minimum atomic E-state index is -4.67. The molecule has 0 heterocycles. The summed E-state index contributed by atoms with van der Waals surface area (Å²) in [6, 6.07) is 8.06. The summed E-state index contributed by atoms with van der Waals surface area (Å²) >= 11 is 5.76. The van der Waals surface area contributed by atoms with E-state index in [2.05, 4.69) is 4.72 Å². The molecule has 0 bridgehead atoms. The second kappa shape index (κ2) is 6.90. The fourth-order valence-electron chi connectivity index (χ4n) is 1.88. The van der Waals surface area contributed by atoms with Gasteiger partial charge >= 0.3 is 6.18 Å². The van der Waals surface area contributed by atoms with Crippen LogP contribution in [0.25, 0.3) is 0 Å². The Balaban J connectivity index is 2.33. The Morgan fingerprint density at radius 1 is 1.12 bits per heavy atom. The highest BCUT2D eigenvalue weighted by Crippen LogP contribution is 2.34. The van der Waals surface area contributed by atoms with Crippen LogP contribution in [0, 0.1) is 0 Å². The van der Waals surface area contributed by atoms with Gasteiger partial charge in [-0.05, 0) is 49.4 Å². The van der Waals surface area contributed by atoms with Crippen molar-refractivity contribution in [2.75, 3.05) is 11.3 Å². The quantitative estimate of drug-likeness (QED) is 0.828. The van der Waals surface area contributed by atoms with Crippen molar-refractivity contribution in [3.63, 3.8) is 0 Å². The van der Waals surface area contributed by atoms with Crippen LogP contribution in [0.5, 0.6) is 5.75 Å². The van der Waals surface area contributed by atoms with Crippen molar-refractivity contribution in [1.29, 1.82) is 0 Å². The summed E-state index contributed by atoms with van der Waals surface area (Å²) < 4.78 is 70.3. The molecule has 1 N–H and O–H groups in total. The summed E-state index contributed by atoms with van der Waals surface area (Å²) in [7, 11) is -4.27. The predicted octanol–water partition coefficient (Wildman–Crippen LogP) is 4.56. The van der Waals surface area contributed by atoms with E-state index >= 15 is 0 Å². The van der Waals surface area contributed by atoms with Crippen molar-refractivity contribution in [3.8, 4) is 5.75 Å². The molecule has 2 rings (SSSR count). The number of sulfonamides is 1. The first kappa shape index (κ1) is 18.4. The van der Waals surface area contributed by atoms with Crippen LogP contribution in [0.2, 0.25) is 5.02 Å². The van der Waals surface area contributed by atoms with Gasteiger partial charge in [-0.1, -0.05) is 11.6 Å². The fourth-order valence-corrected chi connectivity index (χ4v) is 3.47. The number of anilines is 1. The smallest absolute Gasteiger partial charge is 0.416 e. The zero-order valence-electron chi connectivity index (χ0n) is 12.4. The third-order valence-corrected chi connectivity index (χ3v) is 4.83. The van der Waals surface area contributed by atoms with Crippen LogP contribution in [-0.4, -0.2) is 15.0 Å². The highest BCUT2D eigenvalue weighted by molar-refractivity contribution is 7.92. The van der Waals surface area contributed by atoms with E-state index in [0.29, 0.717) is 18.4 Å². The monoisotopic (exact) mass is 379 g/mol. The van der Waals surface area contributed by atoms with E-state index in [-0.39, 0.29) is 10.7 Å². The Kier molecular flexibility index (Phi) is 5.29. The zero-order valence-corrected chi connectivity index (χ0v) is 14.0. The van der Waals surface area contributed by atoms with Gasteiger partial charge in [-0.2, -0.15) is 13.2 Å². The van der Waals surface area contributed by atoms with Gasteiger partial charge in [0.15, 0.2) is 0 Å². The molecule has 0 radical (unpaired) electrons. The number of benzene rings is 2. The Bertz CT molecular complexity index is 821. The summed E-state index contributed by atoms with van der Waals surface area (Å²) in [6.45, 7) is 2.25. The largest absolute Gasteiger partial charge is 0.494 e. The second-order valence-corrected chi connectivity index (χ2v) is 6.76. The molecule has 0 saturated carbocycles. The van der Waals surface area contributed by atoms with Gasteiger partial charge in [-0.25, -0.2) is 8.42 Å². The van der Waals surface area contributed by atoms with Crippen LogP contribution in [0.15, 0.2) is 47.4 Å². The number of nitrogens with one attached hydrogen (secondary N) is 1. The number of ether oxygens (including phenoxy) is 1. The van der Waals surface area contributed by atoms with Crippen molar-refractivity contribution in [3.05, 3.63) is 53.1 Å². The average Bonchev–Trinajstić information content (AvgIpc) is 2.48. The molecule has 0 unspecified atom stereocenters. The van der Waals surface area contributed by atoms with E-state index in [9.17, 15) is 21.6 Å².